The average Bonchev–Trinajstić information content (AvgIpc) is 2.61. The zero-order chi connectivity index (χ0) is 13.9. The van der Waals surface area contributed by atoms with Crippen molar-refractivity contribution in [3.05, 3.63) is 11.6 Å². The second kappa shape index (κ2) is 5.74. The van der Waals surface area contributed by atoms with Gasteiger partial charge in [0.15, 0.2) is 0 Å². The molecule has 1 amide bonds. The van der Waals surface area contributed by atoms with Crippen molar-refractivity contribution >= 4 is 23.5 Å². The Kier molecular flexibility index (Phi) is 4.79. The second-order valence-electron chi connectivity index (χ2n) is 5.57. The molecule has 0 spiro atoms. The summed E-state index contributed by atoms with van der Waals surface area (Å²) in [7, 11) is 0. The number of nitrogens with zero attached hydrogens (tertiary/aromatic N) is 1. The van der Waals surface area contributed by atoms with Gasteiger partial charge < -0.3 is 9.64 Å². The maximum absolute atomic E-state index is 11.8. The lowest BCUT2D eigenvalue weighted by Gasteiger charge is -2.24. The maximum Gasteiger partial charge on any atom is 0.410 e. The molecule has 0 aromatic heterocycles. The van der Waals surface area contributed by atoms with Gasteiger partial charge in [0.1, 0.15) is 11.4 Å². The third-order valence-electron chi connectivity index (χ3n) is 2.66. The lowest BCUT2D eigenvalue weighted by atomic mass is 10.0. The van der Waals surface area contributed by atoms with Gasteiger partial charge in [-0.25, -0.2) is 4.79 Å². The first-order valence-corrected chi connectivity index (χ1v) is 6.41. The molecular formula is C13H20ClNO3. The average molecular weight is 274 g/mol. The van der Waals surface area contributed by atoms with Gasteiger partial charge in [0.2, 0.25) is 0 Å². The summed E-state index contributed by atoms with van der Waals surface area (Å²) < 4.78 is 5.26. The fourth-order valence-electron chi connectivity index (χ4n) is 1.85. The van der Waals surface area contributed by atoms with E-state index in [2.05, 4.69) is 6.58 Å². The Morgan fingerprint density at radius 3 is 2.56 bits per heavy atom. The largest absolute Gasteiger partial charge is 0.444 e. The molecule has 1 rings (SSSR count). The summed E-state index contributed by atoms with van der Waals surface area (Å²) in [6.07, 6.45) is 0.485. The predicted molar refractivity (Wildman–Crippen MR) is 70.5 cm³/mol. The molecule has 1 heterocycles. The molecule has 102 valence electrons. The number of amides is 1. The summed E-state index contributed by atoms with van der Waals surface area (Å²) in [4.78, 5) is 25.2. The van der Waals surface area contributed by atoms with Gasteiger partial charge in [-0.1, -0.05) is 18.2 Å². The fourth-order valence-corrected chi connectivity index (χ4v) is 1.98. The summed E-state index contributed by atoms with van der Waals surface area (Å²) in [6.45, 7) is 9.94. The maximum atomic E-state index is 11.8. The summed E-state index contributed by atoms with van der Waals surface area (Å²) >= 11 is 5.62. The van der Waals surface area contributed by atoms with Gasteiger partial charge in [-0.15, -0.1) is 0 Å². The first-order valence-electron chi connectivity index (χ1n) is 6.03. The lowest BCUT2D eigenvalue weighted by Crippen LogP contribution is -2.35. The van der Waals surface area contributed by atoms with Gasteiger partial charge in [0.05, 0.1) is 0 Å². The highest BCUT2D eigenvalue weighted by molar-refractivity contribution is 6.30. The van der Waals surface area contributed by atoms with Gasteiger partial charge >= 0.3 is 6.09 Å². The molecule has 0 aliphatic carbocycles. The second-order valence-corrected chi connectivity index (χ2v) is 6.11. The Bertz CT molecular complexity index is 360. The molecule has 0 bridgehead atoms. The van der Waals surface area contributed by atoms with Crippen LogP contribution in [0.2, 0.25) is 0 Å². The van der Waals surface area contributed by atoms with Crippen molar-refractivity contribution in [1.82, 2.24) is 4.90 Å². The monoisotopic (exact) mass is 273 g/mol. The van der Waals surface area contributed by atoms with E-state index < -0.39 is 5.60 Å². The van der Waals surface area contributed by atoms with Crippen LogP contribution in [0.1, 0.15) is 33.6 Å². The van der Waals surface area contributed by atoms with Crippen molar-refractivity contribution in [1.29, 1.82) is 0 Å². The van der Waals surface area contributed by atoms with E-state index in [-0.39, 0.29) is 24.2 Å². The number of halogens is 1. The van der Waals surface area contributed by atoms with Crippen molar-refractivity contribution < 1.29 is 14.3 Å². The lowest BCUT2D eigenvalue weighted by molar-refractivity contribution is -0.121. The molecule has 1 aliphatic heterocycles. The van der Waals surface area contributed by atoms with E-state index in [1.165, 1.54) is 0 Å². The quantitative estimate of drug-likeness (QED) is 0.794. The van der Waals surface area contributed by atoms with Gasteiger partial charge in [-0.05, 0) is 27.2 Å². The number of rotatable bonds is 3. The molecule has 18 heavy (non-hydrogen) atoms. The Labute approximate surface area is 113 Å². The van der Waals surface area contributed by atoms with E-state index >= 15 is 0 Å². The van der Waals surface area contributed by atoms with E-state index in [9.17, 15) is 9.59 Å². The van der Waals surface area contributed by atoms with Crippen molar-refractivity contribution in [2.24, 2.45) is 5.92 Å². The topological polar surface area (TPSA) is 46.6 Å². The minimum Gasteiger partial charge on any atom is -0.444 e. The van der Waals surface area contributed by atoms with Crippen LogP contribution >= 0.6 is 11.6 Å². The van der Waals surface area contributed by atoms with Crippen LogP contribution in [0.4, 0.5) is 4.79 Å². The number of allylic oxidation sites excluding steroid dienone is 1. The smallest absolute Gasteiger partial charge is 0.410 e. The molecule has 0 saturated carbocycles. The van der Waals surface area contributed by atoms with Gasteiger partial charge in [-0.3, -0.25) is 4.79 Å². The van der Waals surface area contributed by atoms with E-state index in [1.54, 1.807) is 4.90 Å². The van der Waals surface area contributed by atoms with Crippen molar-refractivity contribution in [3.63, 3.8) is 0 Å². The Morgan fingerprint density at radius 1 is 1.44 bits per heavy atom. The first-order chi connectivity index (χ1) is 8.19. The van der Waals surface area contributed by atoms with E-state index in [0.717, 1.165) is 0 Å². The number of carbonyl (C=O) groups is 2. The number of Topliss-reactive ketones (excluding diaryl/α,β-unsaturated/α-hetero) is 1. The molecule has 1 fully saturated rings. The molecule has 0 N–H and O–H groups in total. The highest BCUT2D eigenvalue weighted by Gasteiger charge is 2.33. The van der Waals surface area contributed by atoms with Gasteiger partial charge in [-0.2, -0.15) is 0 Å². The number of hydrogen-bond donors (Lipinski definition) is 0. The highest BCUT2D eigenvalue weighted by Crippen LogP contribution is 2.22. The molecule has 5 heteroatoms. The summed E-state index contributed by atoms with van der Waals surface area (Å²) in [5.41, 5.74) is -0.510. The standard InChI is InChI=1S/C13H20ClNO3/c1-9(14)7-11(16)10-5-6-15(8-10)12(17)18-13(2,3)4/h10H,1,5-8H2,2-4H3/t10-/m1/s1. The zero-order valence-electron chi connectivity index (χ0n) is 11.2. The van der Waals surface area contributed by atoms with Crippen LogP contribution in [-0.4, -0.2) is 35.5 Å². The van der Waals surface area contributed by atoms with Crippen LogP contribution < -0.4 is 0 Å². The minimum atomic E-state index is -0.510. The SMILES string of the molecule is C=C(Cl)CC(=O)[C@@H]1CCN(C(=O)OC(C)(C)C)C1. The zero-order valence-corrected chi connectivity index (χ0v) is 11.9. The minimum absolute atomic E-state index is 0.0426. The van der Waals surface area contributed by atoms with Gasteiger partial charge in [0.25, 0.3) is 0 Å². The number of likely N-dealkylation sites (tertiary alicyclic amines) is 1. The predicted octanol–water partition coefficient (Wildman–Crippen LogP) is 2.96. The Balaban J connectivity index is 2.48. The van der Waals surface area contributed by atoms with E-state index in [1.807, 2.05) is 20.8 Å². The third kappa shape index (κ3) is 4.69. The summed E-state index contributed by atoms with van der Waals surface area (Å²) in [5.74, 6) is -0.103. The van der Waals surface area contributed by atoms with Crippen molar-refractivity contribution in [2.75, 3.05) is 13.1 Å². The Morgan fingerprint density at radius 2 is 2.06 bits per heavy atom. The molecular weight excluding hydrogens is 254 g/mol. The van der Waals surface area contributed by atoms with Crippen LogP contribution in [0.3, 0.4) is 0 Å². The number of ether oxygens (including phenoxy) is 1. The molecule has 0 aromatic carbocycles. The highest BCUT2D eigenvalue weighted by atomic mass is 35.5. The van der Waals surface area contributed by atoms with Crippen LogP contribution in [-0.2, 0) is 9.53 Å². The molecule has 1 aliphatic rings. The number of hydrogen-bond acceptors (Lipinski definition) is 3. The van der Waals surface area contributed by atoms with E-state index in [0.29, 0.717) is 24.5 Å². The first kappa shape index (κ1) is 15.0. The van der Waals surface area contributed by atoms with Crippen LogP contribution in [0.25, 0.3) is 0 Å². The molecule has 1 saturated heterocycles. The molecule has 4 nitrogen and oxygen atoms in total. The number of ketones is 1. The third-order valence-corrected chi connectivity index (χ3v) is 2.79. The van der Waals surface area contributed by atoms with Crippen LogP contribution in [0, 0.1) is 5.92 Å². The van der Waals surface area contributed by atoms with Crippen LogP contribution in [0.5, 0.6) is 0 Å². The molecule has 1 atom stereocenters. The van der Waals surface area contributed by atoms with Crippen molar-refractivity contribution in [3.8, 4) is 0 Å². The van der Waals surface area contributed by atoms with Crippen molar-refractivity contribution in [2.45, 2.75) is 39.2 Å². The summed E-state index contributed by atoms with van der Waals surface area (Å²) in [6, 6.07) is 0. The van der Waals surface area contributed by atoms with E-state index in [4.69, 9.17) is 16.3 Å². The normalized spacial score (nSPS) is 19.8. The van der Waals surface area contributed by atoms with Crippen LogP contribution in [0.15, 0.2) is 11.6 Å². The van der Waals surface area contributed by atoms with Gasteiger partial charge in [0, 0.05) is 30.5 Å². The molecule has 0 unspecified atom stereocenters. The molecule has 0 radical (unpaired) electrons. The number of carbonyl (C=O) groups excluding carboxylic acids is 2. The fraction of sp³-hybridized carbons (Fsp3) is 0.692. The Hall–Kier alpha value is -1.03. The molecule has 0 aromatic rings. The summed E-state index contributed by atoms with van der Waals surface area (Å²) in [5, 5.41) is 0.343.